The molecule has 2 atom stereocenters. The van der Waals surface area contributed by atoms with Crippen LogP contribution in [0.4, 0.5) is 4.79 Å². The zero-order valence-electron chi connectivity index (χ0n) is 13.4. The summed E-state index contributed by atoms with van der Waals surface area (Å²) in [5.41, 5.74) is 2.33. The van der Waals surface area contributed by atoms with E-state index in [2.05, 4.69) is 16.7 Å². The van der Waals surface area contributed by atoms with Crippen molar-refractivity contribution in [2.45, 2.75) is 39.2 Å². The molecule has 1 aliphatic carbocycles. The standard InChI is InChI=1S/C17H26N2O3/c1-12-7-13(2)9-16(8-12)22-6-5-18-17(21)19-11-14-3-4-15(20)10-14/h7-9,14-15,20H,3-6,10-11H2,1-2H3,(H2,18,19,21)/t14-,15+/m1/s1. The molecule has 122 valence electrons. The maximum absolute atomic E-state index is 11.7. The molecular formula is C17H26N2O3. The van der Waals surface area contributed by atoms with Crippen LogP contribution in [0.2, 0.25) is 0 Å². The maximum Gasteiger partial charge on any atom is 0.314 e. The molecule has 2 amide bonds. The monoisotopic (exact) mass is 306 g/mol. The summed E-state index contributed by atoms with van der Waals surface area (Å²) in [6.45, 7) is 5.60. The van der Waals surface area contributed by atoms with Crippen molar-refractivity contribution < 1.29 is 14.6 Å². The van der Waals surface area contributed by atoms with E-state index in [1.807, 2.05) is 26.0 Å². The first-order valence-electron chi connectivity index (χ1n) is 7.94. The number of hydrogen-bond donors (Lipinski definition) is 3. The van der Waals surface area contributed by atoms with E-state index in [4.69, 9.17) is 4.74 Å². The van der Waals surface area contributed by atoms with E-state index in [1.165, 1.54) is 11.1 Å². The van der Waals surface area contributed by atoms with Crippen molar-refractivity contribution in [3.05, 3.63) is 29.3 Å². The highest BCUT2D eigenvalue weighted by Crippen LogP contribution is 2.24. The second-order valence-corrected chi connectivity index (χ2v) is 6.14. The van der Waals surface area contributed by atoms with E-state index in [0.717, 1.165) is 25.0 Å². The van der Waals surface area contributed by atoms with Crippen LogP contribution >= 0.6 is 0 Å². The number of rotatable bonds is 6. The minimum absolute atomic E-state index is 0.176. The third-order valence-corrected chi connectivity index (χ3v) is 3.92. The van der Waals surface area contributed by atoms with Gasteiger partial charge in [0.1, 0.15) is 12.4 Å². The summed E-state index contributed by atoms with van der Waals surface area (Å²) < 4.78 is 5.63. The number of aliphatic hydroxyl groups excluding tert-OH is 1. The first-order valence-corrected chi connectivity index (χ1v) is 7.94. The zero-order valence-corrected chi connectivity index (χ0v) is 13.4. The molecule has 1 aromatic carbocycles. The number of urea groups is 1. The van der Waals surface area contributed by atoms with E-state index in [0.29, 0.717) is 25.6 Å². The molecule has 0 bridgehead atoms. The highest BCUT2D eigenvalue weighted by molar-refractivity contribution is 5.73. The lowest BCUT2D eigenvalue weighted by Crippen LogP contribution is -2.39. The van der Waals surface area contributed by atoms with E-state index < -0.39 is 0 Å². The van der Waals surface area contributed by atoms with Crippen molar-refractivity contribution in [3.8, 4) is 5.75 Å². The van der Waals surface area contributed by atoms with Gasteiger partial charge in [-0.1, -0.05) is 6.07 Å². The van der Waals surface area contributed by atoms with Crippen LogP contribution in [0, 0.1) is 19.8 Å². The first-order chi connectivity index (χ1) is 10.5. The van der Waals surface area contributed by atoms with Crippen molar-refractivity contribution >= 4 is 6.03 Å². The largest absolute Gasteiger partial charge is 0.492 e. The predicted octanol–water partition coefficient (Wildman–Crippen LogP) is 2.14. The van der Waals surface area contributed by atoms with Crippen LogP contribution in [0.1, 0.15) is 30.4 Å². The Labute approximate surface area is 132 Å². The summed E-state index contributed by atoms with van der Waals surface area (Å²) >= 11 is 0. The summed E-state index contributed by atoms with van der Waals surface area (Å²) in [5, 5.41) is 15.1. The maximum atomic E-state index is 11.7. The van der Waals surface area contributed by atoms with E-state index in [-0.39, 0.29) is 12.1 Å². The van der Waals surface area contributed by atoms with Gasteiger partial charge in [0.15, 0.2) is 0 Å². The highest BCUT2D eigenvalue weighted by Gasteiger charge is 2.22. The Kier molecular flexibility index (Phi) is 6.07. The molecule has 1 fully saturated rings. The van der Waals surface area contributed by atoms with Gasteiger partial charge < -0.3 is 20.5 Å². The number of amides is 2. The molecule has 2 rings (SSSR count). The molecule has 0 aliphatic heterocycles. The Balaban J connectivity index is 1.58. The summed E-state index contributed by atoms with van der Waals surface area (Å²) in [7, 11) is 0. The summed E-state index contributed by atoms with van der Waals surface area (Å²) in [5.74, 6) is 1.23. The number of ether oxygens (including phenoxy) is 1. The molecule has 5 heteroatoms. The summed E-state index contributed by atoms with van der Waals surface area (Å²) in [6, 6.07) is 5.89. The van der Waals surface area contributed by atoms with Crippen LogP contribution in [0.3, 0.4) is 0 Å². The Morgan fingerprint density at radius 2 is 1.95 bits per heavy atom. The van der Waals surface area contributed by atoms with Crippen molar-refractivity contribution in [3.63, 3.8) is 0 Å². The molecule has 1 aliphatic rings. The van der Waals surface area contributed by atoms with Crippen LogP contribution < -0.4 is 15.4 Å². The molecule has 0 spiro atoms. The van der Waals surface area contributed by atoms with E-state index in [1.54, 1.807) is 0 Å². The molecule has 3 N–H and O–H groups in total. The number of carbonyl (C=O) groups excluding carboxylic acids is 1. The topological polar surface area (TPSA) is 70.6 Å². The molecule has 22 heavy (non-hydrogen) atoms. The third-order valence-electron chi connectivity index (χ3n) is 3.92. The number of aliphatic hydroxyl groups is 1. The fourth-order valence-electron chi connectivity index (χ4n) is 2.88. The molecule has 0 saturated heterocycles. The average molecular weight is 306 g/mol. The fourth-order valence-corrected chi connectivity index (χ4v) is 2.88. The van der Waals surface area contributed by atoms with Crippen molar-refractivity contribution in [1.82, 2.24) is 10.6 Å². The van der Waals surface area contributed by atoms with Gasteiger partial charge in [-0.05, 0) is 62.3 Å². The second kappa shape index (κ2) is 8.03. The van der Waals surface area contributed by atoms with Gasteiger partial charge in [-0.25, -0.2) is 4.79 Å². The molecule has 1 aromatic rings. The van der Waals surface area contributed by atoms with Gasteiger partial charge in [0.05, 0.1) is 12.6 Å². The zero-order chi connectivity index (χ0) is 15.9. The van der Waals surface area contributed by atoms with E-state index >= 15 is 0 Å². The number of hydrogen-bond acceptors (Lipinski definition) is 3. The van der Waals surface area contributed by atoms with Gasteiger partial charge in [0.2, 0.25) is 0 Å². The number of nitrogens with one attached hydrogen (secondary N) is 2. The van der Waals surface area contributed by atoms with Crippen LogP contribution in [-0.4, -0.2) is 36.9 Å². The average Bonchev–Trinajstić information content (AvgIpc) is 2.86. The highest BCUT2D eigenvalue weighted by atomic mass is 16.5. The van der Waals surface area contributed by atoms with Gasteiger partial charge >= 0.3 is 6.03 Å². The predicted molar refractivity (Wildman–Crippen MR) is 86.2 cm³/mol. The number of carbonyl (C=O) groups is 1. The van der Waals surface area contributed by atoms with Crippen molar-refractivity contribution in [2.75, 3.05) is 19.7 Å². The van der Waals surface area contributed by atoms with Crippen LogP contribution in [-0.2, 0) is 0 Å². The molecule has 1 saturated carbocycles. The molecule has 0 radical (unpaired) electrons. The lowest BCUT2D eigenvalue weighted by molar-refractivity contribution is 0.177. The fraction of sp³-hybridized carbons (Fsp3) is 0.588. The van der Waals surface area contributed by atoms with Crippen LogP contribution in [0.25, 0.3) is 0 Å². The van der Waals surface area contributed by atoms with E-state index in [9.17, 15) is 9.90 Å². The Morgan fingerprint density at radius 1 is 1.23 bits per heavy atom. The van der Waals surface area contributed by atoms with Crippen LogP contribution in [0.5, 0.6) is 5.75 Å². The van der Waals surface area contributed by atoms with Crippen molar-refractivity contribution in [2.24, 2.45) is 5.92 Å². The Hall–Kier alpha value is -1.75. The smallest absolute Gasteiger partial charge is 0.314 e. The van der Waals surface area contributed by atoms with Gasteiger partial charge in [-0.2, -0.15) is 0 Å². The van der Waals surface area contributed by atoms with Gasteiger partial charge in [0, 0.05) is 6.54 Å². The first kappa shape index (κ1) is 16.6. The quantitative estimate of drug-likeness (QED) is 0.705. The molecule has 0 aromatic heterocycles. The van der Waals surface area contributed by atoms with Gasteiger partial charge in [-0.15, -0.1) is 0 Å². The van der Waals surface area contributed by atoms with Crippen molar-refractivity contribution in [1.29, 1.82) is 0 Å². The summed E-state index contributed by atoms with van der Waals surface area (Å²) in [6.07, 6.45) is 2.42. The number of benzene rings is 1. The lowest BCUT2D eigenvalue weighted by Gasteiger charge is -2.12. The van der Waals surface area contributed by atoms with Gasteiger partial charge in [-0.3, -0.25) is 0 Å². The molecule has 0 heterocycles. The third kappa shape index (κ3) is 5.56. The van der Waals surface area contributed by atoms with Gasteiger partial charge in [0.25, 0.3) is 0 Å². The molecule has 0 unspecified atom stereocenters. The SMILES string of the molecule is Cc1cc(C)cc(OCCNC(=O)NC[C@@H]2CC[C@H](O)C2)c1. The Morgan fingerprint density at radius 3 is 2.59 bits per heavy atom. The minimum atomic E-state index is -0.193. The molecular weight excluding hydrogens is 280 g/mol. The normalized spacial score (nSPS) is 20.7. The summed E-state index contributed by atoms with van der Waals surface area (Å²) in [4.78, 5) is 11.7. The Bertz CT molecular complexity index is 484. The second-order valence-electron chi connectivity index (χ2n) is 6.14. The lowest BCUT2D eigenvalue weighted by atomic mass is 10.1. The van der Waals surface area contributed by atoms with Crippen LogP contribution in [0.15, 0.2) is 18.2 Å². The molecule has 5 nitrogen and oxygen atoms in total. The number of aryl methyl sites for hydroxylation is 2. The minimum Gasteiger partial charge on any atom is -0.492 e.